The Labute approximate surface area is 150 Å². The normalized spacial score (nSPS) is 11.8. The van der Waals surface area contributed by atoms with Gasteiger partial charge in [-0.05, 0) is 43.3 Å². The van der Waals surface area contributed by atoms with E-state index in [2.05, 4.69) is 10.3 Å². The summed E-state index contributed by atoms with van der Waals surface area (Å²) in [5, 5.41) is 13.3. The van der Waals surface area contributed by atoms with Crippen LogP contribution in [-0.4, -0.2) is 41.2 Å². The Balaban J connectivity index is 1.98. The third-order valence-corrected chi connectivity index (χ3v) is 4.34. The molecule has 128 valence electrons. The predicted molar refractivity (Wildman–Crippen MR) is 96.0 cm³/mol. The minimum atomic E-state index is -0.574. The van der Waals surface area contributed by atoms with Gasteiger partial charge in [0, 0.05) is 23.3 Å². The van der Waals surface area contributed by atoms with Crippen LogP contribution in [0.2, 0.25) is 0 Å². The molecular weight excluding hydrogens is 348 g/mol. The maximum atomic E-state index is 11.7. The van der Waals surface area contributed by atoms with Crippen molar-refractivity contribution in [2.45, 2.75) is 22.9 Å². The number of ether oxygens (including phenoxy) is 1. The molecule has 1 aromatic carbocycles. The van der Waals surface area contributed by atoms with Crippen molar-refractivity contribution in [2.24, 2.45) is 0 Å². The van der Waals surface area contributed by atoms with E-state index in [1.54, 1.807) is 25.3 Å². The van der Waals surface area contributed by atoms with E-state index in [4.69, 9.17) is 16.3 Å². The van der Waals surface area contributed by atoms with Crippen LogP contribution in [0.25, 0.3) is 0 Å². The first kappa shape index (κ1) is 18.6. The Morgan fingerprint density at radius 1 is 1.38 bits per heavy atom. The molecule has 2 aromatic rings. The van der Waals surface area contributed by atoms with Crippen LogP contribution in [0.15, 0.2) is 52.5 Å². The average Bonchev–Trinajstić information content (AvgIpc) is 2.61. The van der Waals surface area contributed by atoms with Crippen molar-refractivity contribution in [3.63, 3.8) is 0 Å². The molecule has 0 fully saturated rings. The van der Waals surface area contributed by atoms with Crippen LogP contribution in [0, 0.1) is 0 Å². The van der Waals surface area contributed by atoms with Gasteiger partial charge in [-0.1, -0.05) is 11.8 Å². The Hall–Kier alpha value is -1.76. The van der Waals surface area contributed by atoms with Crippen molar-refractivity contribution in [1.82, 2.24) is 4.98 Å². The summed E-state index contributed by atoms with van der Waals surface area (Å²) in [6.07, 6.45) is 1.02. The van der Waals surface area contributed by atoms with Gasteiger partial charge in [0.05, 0.1) is 24.2 Å². The second-order valence-electron chi connectivity index (χ2n) is 4.92. The SMILES string of the molecule is CCOC(=O)c1ccnc(Sc2ccc(NCC(O)CCl)cc2)c1. The minimum Gasteiger partial charge on any atom is -0.462 e. The molecule has 1 unspecified atom stereocenters. The van der Waals surface area contributed by atoms with Gasteiger partial charge in [-0.2, -0.15) is 0 Å². The number of benzene rings is 1. The molecule has 0 aliphatic rings. The fraction of sp³-hybridized carbons (Fsp3) is 0.294. The van der Waals surface area contributed by atoms with Crippen LogP contribution < -0.4 is 5.32 Å². The van der Waals surface area contributed by atoms with Crippen LogP contribution >= 0.6 is 23.4 Å². The van der Waals surface area contributed by atoms with Gasteiger partial charge in [0.1, 0.15) is 5.03 Å². The topological polar surface area (TPSA) is 71.5 Å². The summed E-state index contributed by atoms with van der Waals surface area (Å²) >= 11 is 7.01. The fourth-order valence-corrected chi connectivity index (χ4v) is 2.78. The second kappa shape index (κ2) is 9.52. The van der Waals surface area contributed by atoms with Crippen molar-refractivity contribution >= 4 is 35.0 Å². The number of nitrogens with one attached hydrogen (secondary N) is 1. The van der Waals surface area contributed by atoms with Crippen LogP contribution in [-0.2, 0) is 4.74 Å². The van der Waals surface area contributed by atoms with Crippen LogP contribution in [0.1, 0.15) is 17.3 Å². The van der Waals surface area contributed by atoms with Gasteiger partial charge in [0.15, 0.2) is 0 Å². The summed E-state index contributed by atoms with van der Waals surface area (Å²) in [5.41, 5.74) is 1.39. The first-order valence-corrected chi connectivity index (χ1v) is 8.86. The molecule has 2 rings (SSSR count). The molecule has 7 heteroatoms. The Bertz CT molecular complexity index is 667. The highest BCUT2D eigenvalue weighted by Crippen LogP contribution is 2.27. The van der Waals surface area contributed by atoms with E-state index in [9.17, 15) is 9.90 Å². The molecule has 2 N–H and O–H groups in total. The zero-order chi connectivity index (χ0) is 17.4. The summed E-state index contributed by atoms with van der Waals surface area (Å²) in [6, 6.07) is 11.1. The Morgan fingerprint density at radius 2 is 2.12 bits per heavy atom. The number of carbonyl (C=O) groups excluding carboxylic acids is 1. The molecule has 5 nitrogen and oxygen atoms in total. The van der Waals surface area contributed by atoms with E-state index in [1.165, 1.54) is 11.8 Å². The Morgan fingerprint density at radius 3 is 2.79 bits per heavy atom. The average molecular weight is 367 g/mol. The molecule has 24 heavy (non-hydrogen) atoms. The molecule has 0 saturated heterocycles. The van der Waals surface area contributed by atoms with Gasteiger partial charge in [0.2, 0.25) is 0 Å². The van der Waals surface area contributed by atoms with Crippen molar-refractivity contribution in [1.29, 1.82) is 0 Å². The van der Waals surface area contributed by atoms with E-state index >= 15 is 0 Å². The number of anilines is 1. The van der Waals surface area contributed by atoms with Gasteiger partial charge in [-0.3, -0.25) is 0 Å². The number of aromatic nitrogens is 1. The number of esters is 1. The number of alkyl halides is 1. The Kier molecular flexibility index (Phi) is 7.36. The molecule has 1 atom stereocenters. The van der Waals surface area contributed by atoms with Crippen molar-refractivity contribution in [2.75, 3.05) is 24.3 Å². The number of aliphatic hydroxyl groups is 1. The zero-order valence-corrected chi connectivity index (χ0v) is 14.8. The van der Waals surface area contributed by atoms with E-state index in [0.29, 0.717) is 18.7 Å². The summed E-state index contributed by atoms with van der Waals surface area (Å²) in [6.45, 7) is 2.52. The van der Waals surface area contributed by atoms with Gasteiger partial charge in [-0.15, -0.1) is 11.6 Å². The van der Waals surface area contributed by atoms with Crippen LogP contribution in [0.4, 0.5) is 5.69 Å². The standard InChI is InChI=1S/C17H19ClN2O3S/c1-2-23-17(22)12-7-8-19-16(9-12)24-15-5-3-13(4-6-15)20-11-14(21)10-18/h3-9,14,20-21H,2,10-11H2,1H3. The van der Waals surface area contributed by atoms with Gasteiger partial charge in [-0.25, -0.2) is 9.78 Å². The number of nitrogens with zero attached hydrogens (tertiary/aromatic N) is 1. The van der Waals surface area contributed by atoms with Gasteiger partial charge >= 0.3 is 5.97 Å². The largest absolute Gasteiger partial charge is 0.462 e. The van der Waals surface area contributed by atoms with Crippen molar-refractivity contribution in [3.05, 3.63) is 48.2 Å². The molecule has 0 aliphatic heterocycles. The molecule has 1 heterocycles. The third kappa shape index (κ3) is 5.70. The molecule has 0 saturated carbocycles. The smallest absolute Gasteiger partial charge is 0.338 e. The third-order valence-electron chi connectivity index (χ3n) is 3.04. The lowest BCUT2D eigenvalue weighted by molar-refractivity contribution is 0.0526. The summed E-state index contributed by atoms with van der Waals surface area (Å²) < 4.78 is 4.99. The van der Waals surface area contributed by atoms with Crippen LogP contribution in [0.5, 0.6) is 0 Å². The summed E-state index contributed by atoms with van der Waals surface area (Å²) in [7, 11) is 0. The molecular formula is C17H19ClN2O3S. The summed E-state index contributed by atoms with van der Waals surface area (Å²) in [5.74, 6) is -0.150. The van der Waals surface area contributed by atoms with Crippen LogP contribution in [0.3, 0.4) is 0 Å². The fourth-order valence-electron chi connectivity index (χ4n) is 1.86. The second-order valence-corrected chi connectivity index (χ2v) is 6.32. The molecule has 0 aliphatic carbocycles. The van der Waals surface area contributed by atoms with Crippen molar-refractivity contribution in [3.8, 4) is 0 Å². The van der Waals surface area contributed by atoms with E-state index in [-0.39, 0.29) is 11.8 Å². The highest BCUT2D eigenvalue weighted by Gasteiger charge is 2.08. The van der Waals surface area contributed by atoms with Gasteiger partial charge < -0.3 is 15.2 Å². The molecule has 1 aromatic heterocycles. The highest BCUT2D eigenvalue weighted by atomic mass is 35.5. The number of halogens is 1. The molecule has 0 bridgehead atoms. The number of rotatable bonds is 8. The molecule has 0 spiro atoms. The van der Waals surface area contributed by atoms with Crippen molar-refractivity contribution < 1.29 is 14.6 Å². The molecule has 0 amide bonds. The zero-order valence-electron chi connectivity index (χ0n) is 13.2. The number of pyridine rings is 1. The summed E-state index contributed by atoms with van der Waals surface area (Å²) in [4.78, 5) is 17.0. The number of hydrogen-bond donors (Lipinski definition) is 2. The van der Waals surface area contributed by atoms with E-state index < -0.39 is 6.10 Å². The van der Waals surface area contributed by atoms with E-state index in [0.717, 1.165) is 15.6 Å². The minimum absolute atomic E-state index is 0.198. The number of aliphatic hydroxyl groups excluding tert-OH is 1. The first-order chi connectivity index (χ1) is 11.6. The first-order valence-electron chi connectivity index (χ1n) is 7.51. The number of hydrogen-bond acceptors (Lipinski definition) is 6. The maximum Gasteiger partial charge on any atom is 0.338 e. The van der Waals surface area contributed by atoms with Gasteiger partial charge in [0.25, 0.3) is 0 Å². The lowest BCUT2D eigenvalue weighted by Crippen LogP contribution is -2.20. The van der Waals surface area contributed by atoms with E-state index in [1.807, 2.05) is 24.3 Å². The maximum absolute atomic E-state index is 11.7. The lowest BCUT2D eigenvalue weighted by atomic mass is 10.3. The quantitative estimate of drug-likeness (QED) is 0.551. The molecule has 0 radical (unpaired) electrons. The highest BCUT2D eigenvalue weighted by molar-refractivity contribution is 7.99. The lowest BCUT2D eigenvalue weighted by Gasteiger charge is -2.10. The predicted octanol–water partition coefficient (Wildman–Crippen LogP) is 3.42. The monoisotopic (exact) mass is 366 g/mol. The number of carbonyl (C=O) groups is 1.